The minimum absolute atomic E-state index is 0.0631. The van der Waals surface area contributed by atoms with E-state index in [0.29, 0.717) is 0 Å². The van der Waals surface area contributed by atoms with Gasteiger partial charge in [0.05, 0.1) is 6.10 Å². The smallest absolute Gasteiger partial charge is 0.119 e. The summed E-state index contributed by atoms with van der Waals surface area (Å²) in [5.74, 6) is 0.918. The highest BCUT2D eigenvalue weighted by Gasteiger charge is 2.41. The van der Waals surface area contributed by atoms with Crippen molar-refractivity contribution in [2.24, 2.45) is 5.73 Å². The quantitative estimate of drug-likeness (QED) is 0.896. The lowest BCUT2D eigenvalue weighted by atomic mass is 9.83. The van der Waals surface area contributed by atoms with Gasteiger partial charge in [-0.3, -0.25) is 0 Å². The average molecular weight is 276 g/mol. The van der Waals surface area contributed by atoms with Crippen molar-refractivity contribution in [3.8, 4) is 5.75 Å². The number of hydrogen-bond donors (Lipinski definition) is 1. The first-order chi connectivity index (χ1) is 9.45. The van der Waals surface area contributed by atoms with E-state index < -0.39 is 0 Å². The van der Waals surface area contributed by atoms with E-state index >= 15 is 0 Å². The molecular weight excluding hydrogens is 248 g/mol. The summed E-state index contributed by atoms with van der Waals surface area (Å²) in [6.45, 7) is 4.08. The zero-order chi connectivity index (χ0) is 14.8. The Morgan fingerprint density at radius 3 is 2.10 bits per heavy atom. The molecule has 0 radical (unpaired) electrons. The molecule has 2 rings (SSSR count). The van der Waals surface area contributed by atoms with Crippen molar-refractivity contribution in [3.05, 3.63) is 29.8 Å². The van der Waals surface area contributed by atoms with Gasteiger partial charge in [-0.05, 0) is 58.5 Å². The summed E-state index contributed by atoms with van der Waals surface area (Å²) in [4.78, 5) is 2.32. The van der Waals surface area contributed by atoms with Crippen molar-refractivity contribution in [1.82, 2.24) is 4.90 Å². The molecule has 1 aromatic rings. The third kappa shape index (κ3) is 2.99. The lowest BCUT2D eigenvalue weighted by Gasteiger charge is -2.41. The Balaban J connectivity index is 2.17. The van der Waals surface area contributed by atoms with E-state index in [1.54, 1.807) is 0 Å². The zero-order valence-corrected chi connectivity index (χ0v) is 13.2. The van der Waals surface area contributed by atoms with Gasteiger partial charge < -0.3 is 15.4 Å². The third-order valence-corrected chi connectivity index (χ3v) is 4.55. The fourth-order valence-electron chi connectivity index (χ4n) is 3.36. The van der Waals surface area contributed by atoms with Gasteiger partial charge in [0.25, 0.3) is 0 Å². The van der Waals surface area contributed by atoms with E-state index in [9.17, 15) is 0 Å². The molecule has 0 aromatic heterocycles. The van der Waals surface area contributed by atoms with Crippen LogP contribution in [0.3, 0.4) is 0 Å². The summed E-state index contributed by atoms with van der Waals surface area (Å²) in [7, 11) is 4.31. The van der Waals surface area contributed by atoms with Crippen LogP contribution in [-0.2, 0) is 0 Å². The zero-order valence-electron chi connectivity index (χ0n) is 13.2. The van der Waals surface area contributed by atoms with Crippen molar-refractivity contribution in [3.63, 3.8) is 0 Å². The van der Waals surface area contributed by atoms with Crippen LogP contribution in [-0.4, -0.2) is 30.6 Å². The van der Waals surface area contributed by atoms with Gasteiger partial charge in [0.2, 0.25) is 0 Å². The molecule has 3 nitrogen and oxygen atoms in total. The molecule has 0 saturated heterocycles. The second-order valence-corrected chi connectivity index (χ2v) is 6.42. The number of benzene rings is 1. The van der Waals surface area contributed by atoms with E-state index in [-0.39, 0.29) is 17.7 Å². The summed E-state index contributed by atoms with van der Waals surface area (Å²) in [5.41, 5.74) is 7.92. The fourth-order valence-corrected chi connectivity index (χ4v) is 3.36. The van der Waals surface area contributed by atoms with Crippen molar-refractivity contribution < 1.29 is 4.74 Å². The minimum atomic E-state index is 0.0631. The first-order valence-corrected chi connectivity index (χ1v) is 7.65. The van der Waals surface area contributed by atoms with Crippen LogP contribution in [0.4, 0.5) is 0 Å². The largest absolute Gasteiger partial charge is 0.491 e. The van der Waals surface area contributed by atoms with Crippen molar-refractivity contribution in [2.45, 2.75) is 57.2 Å². The van der Waals surface area contributed by atoms with Gasteiger partial charge in [0.1, 0.15) is 5.75 Å². The Kier molecular flexibility index (Phi) is 4.71. The average Bonchev–Trinajstić information content (AvgIpc) is 2.88. The summed E-state index contributed by atoms with van der Waals surface area (Å²) in [5, 5.41) is 0. The number of nitrogens with two attached hydrogens (primary N) is 1. The van der Waals surface area contributed by atoms with E-state index in [2.05, 4.69) is 31.1 Å². The molecule has 20 heavy (non-hydrogen) atoms. The van der Waals surface area contributed by atoms with Crippen LogP contribution in [0.1, 0.15) is 51.1 Å². The van der Waals surface area contributed by atoms with Gasteiger partial charge >= 0.3 is 0 Å². The maximum Gasteiger partial charge on any atom is 0.119 e. The highest BCUT2D eigenvalue weighted by molar-refractivity contribution is 5.31. The molecule has 1 atom stereocenters. The van der Waals surface area contributed by atoms with Crippen LogP contribution in [0.15, 0.2) is 24.3 Å². The number of hydrogen-bond acceptors (Lipinski definition) is 3. The molecule has 3 heteroatoms. The van der Waals surface area contributed by atoms with Crippen LogP contribution in [0.2, 0.25) is 0 Å². The fraction of sp³-hybridized carbons (Fsp3) is 0.647. The van der Waals surface area contributed by atoms with E-state index in [4.69, 9.17) is 10.5 Å². The Morgan fingerprint density at radius 1 is 1.10 bits per heavy atom. The molecule has 0 heterocycles. The van der Waals surface area contributed by atoms with Crippen LogP contribution in [0.5, 0.6) is 5.75 Å². The van der Waals surface area contributed by atoms with Crippen molar-refractivity contribution in [1.29, 1.82) is 0 Å². The van der Waals surface area contributed by atoms with Crippen molar-refractivity contribution >= 4 is 0 Å². The molecule has 1 saturated carbocycles. The SMILES string of the molecule is CC(C)Oc1ccc(C(N)C2(N(C)C)CCCC2)cc1. The standard InChI is InChI=1S/C17H28N2O/c1-13(2)20-15-9-7-14(8-10-15)16(18)17(19(3)4)11-5-6-12-17/h7-10,13,16H,5-6,11-12,18H2,1-4H3. The van der Waals surface area contributed by atoms with E-state index in [1.165, 1.54) is 31.2 Å². The first kappa shape index (κ1) is 15.3. The Morgan fingerprint density at radius 2 is 1.65 bits per heavy atom. The molecular formula is C17H28N2O. The Labute approximate surface area is 123 Å². The molecule has 0 spiro atoms. The van der Waals surface area contributed by atoms with Gasteiger partial charge in [-0.1, -0.05) is 25.0 Å². The van der Waals surface area contributed by atoms with Gasteiger partial charge in [-0.25, -0.2) is 0 Å². The van der Waals surface area contributed by atoms with Gasteiger partial charge in [-0.15, -0.1) is 0 Å². The normalized spacial score (nSPS) is 19.6. The topological polar surface area (TPSA) is 38.5 Å². The summed E-state index contributed by atoms with van der Waals surface area (Å²) < 4.78 is 5.70. The molecule has 112 valence electrons. The van der Waals surface area contributed by atoms with Gasteiger partial charge in [0, 0.05) is 11.6 Å². The molecule has 0 aliphatic heterocycles. The molecule has 1 unspecified atom stereocenters. The minimum Gasteiger partial charge on any atom is -0.491 e. The summed E-state index contributed by atoms with van der Waals surface area (Å²) in [6, 6.07) is 8.37. The third-order valence-electron chi connectivity index (χ3n) is 4.55. The number of likely N-dealkylation sites (N-methyl/N-ethyl adjacent to an activating group) is 1. The van der Waals surface area contributed by atoms with E-state index in [0.717, 1.165) is 5.75 Å². The lowest BCUT2D eigenvalue weighted by Crippen LogP contribution is -2.50. The molecule has 1 aromatic carbocycles. The number of ether oxygens (including phenoxy) is 1. The maximum absolute atomic E-state index is 6.61. The van der Waals surface area contributed by atoms with Crippen LogP contribution in [0.25, 0.3) is 0 Å². The predicted molar refractivity (Wildman–Crippen MR) is 84.0 cm³/mol. The van der Waals surface area contributed by atoms with Crippen molar-refractivity contribution in [2.75, 3.05) is 14.1 Å². The maximum atomic E-state index is 6.61. The van der Waals surface area contributed by atoms with E-state index in [1.807, 2.05) is 26.0 Å². The molecule has 0 bridgehead atoms. The number of rotatable bonds is 5. The monoisotopic (exact) mass is 276 g/mol. The Bertz CT molecular complexity index is 419. The van der Waals surface area contributed by atoms with Gasteiger partial charge in [0.15, 0.2) is 0 Å². The second-order valence-electron chi connectivity index (χ2n) is 6.42. The molecule has 0 amide bonds. The van der Waals surface area contributed by atoms with Crippen LogP contribution >= 0.6 is 0 Å². The first-order valence-electron chi connectivity index (χ1n) is 7.65. The molecule has 1 fully saturated rings. The number of nitrogens with zero attached hydrogens (tertiary/aromatic N) is 1. The predicted octanol–water partition coefficient (Wildman–Crippen LogP) is 3.35. The highest BCUT2D eigenvalue weighted by Crippen LogP contribution is 2.42. The highest BCUT2D eigenvalue weighted by atomic mass is 16.5. The summed E-state index contributed by atoms with van der Waals surface area (Å²) in [6.07, 6.45) is 5.13. The molecule has 1 aliphatic rings. The second kappa shape index (κ2) is 6.15. The summed E-state index contributed by atoms with van der Waals surface area (Å²) >= 11 is 0. The molecule has 1 aliphatic carbocycles. The van der Waals surface area contributed by atoms with Crippen LogP contribution in [0, 0.1) is 0 Å². The molecule has 2 N–H and O–H groups in total. The Hall–Kier alpha value is -1.06. The van der Waals surface area contributed by atoms with Gasteiger partial charge in [-0.2, -0.15) is 0 Å². The lowest BCUT2D eigenvalue weighted by molar-refractivity contribution is 0.123. The van der Waals surface area contributed by atoms with Crippen LogP contribution < -0.4 is 10.5 Å².